The third-order valence-corrected chi connectivity index (χ3v) is 5.25. The minimum absolute atomic E-state index is 0.211. The molecular formula is C20H23N5O4. The summed E-state index contributed by atoms with van der Waals surface area (Å²) in [6, 6.07) is 9.89. The number of aliphatic hydroxyl groups excluding tert-OH is 1. The van der Waals surface area contributed by atoms with Gasteiger partial charge in [-0.25, -0.2) is 9.48 Å². The normalized spacial score (nSPS) is 21.5. The van der Waals surface area contributed by atoms with Crippen LogP contribution in [0, 0.1) is 6.92 Å². The quantitative estimate of drug-likeness (QED) is 0.634. The number of hydrogen-bond acceptors (Lipinski definition) is 6. The molecule has 2 aromatic heterocycles. The van der Waals surface area contributed by atoms with Crippen molar-refractivity contribution in [3.05, 3.63) is 80.4 Å². The number of aryl methyl sites for hydroxylation is 3. The highest BCUT2D eigenvalue weighted by Crippen LogP contribution is 2.35. The first kappa shape index (κ1) is 19.3. The van der Waals surface area contributed by atoms with Crippen LogP contribution >= 0.6 is 0 Å². The van der Waals surface area contributed by atoms with Gasteiger partial charge in [0, 0.05) is 24.4 Å². The van der Waals surface area contributed by atoms with E-state index in [4.69, 9.17) is 4.74 Å². The van der Waals surface area contributed by atoms with Crippen LogP contribution in [0.5, 0.6) is 0 Å². The van der Waals surface area contributed by atoms with Crippen LogP contribution in [0.4, 0.5) is 0 Å². The van der Waals surface area contributed by atoms with Crippen molar-refractivity contribution < 1.29 is 9.84 Å². The van der Waals surface area contributed by atoms with E-state index in [0.717, 1.165) is 18.5 Å². The fraction of sp³-hybridized carbons (Fsp3) is 0.400. The molecule has 0 unspecified atom stereocenters. The fourth-order valence-corrected chi connectivity index (χ4v) is 3.64. The predicted octanol–water partition coefficient (Wildman–Crippen LogP) is 0.743. The Balaban J connectivity index is 1.50. The monoisotopic (exact) mass is 397 g/mol. The molecule has 3 aromatic rings. The third kappa shape index (κ3) is 4.06. The molecule has 0 bridgehead atoms. The summed E-state index contributed by atoms with van der Waals surface area (Å²) < 4.78 is 8.93. The summed E-state index contributed by atoms with van der Waals surface area (Å²) in [7, 11) is 0. The first-order valence-corrected chi connectivity index (χ1v) is 9.58. The molecule has 0 radical (unpaired) electrons. The first-order valence-electron chi connectivity index (χ1n) is 9.58. The summed E-state index contributed by atoms with van der Waals surface area (Å²) in [5, 5.41) is 18.2. The molecule has 3 atom stereocenters. The topological polar surface area (TPSA) is 115 Å². The zero-order chi connectivity index (χ0) is 20.4. The average Bonchev–Trinajstić information content (AvgIpc) is 3.36. The van der Waals surface area contributed by atoms with E-state index in [1.807, 2.05) is 24.4 Å². The Kier molecular flexibility index (Phi) is 5.41. The lowest BCUT2D eigenvalue weighted by molar-refractivity contribution is -0.0323. The highest BCUT2D eigenvalue weighted by molar-refractivity contribution is 5.16. The van der Waals surface area contributed by atoms with Gasteiger partial charge in [-0.15, -0.1) is 5.10 Å². The molecule has 152 valence electrons. The van der Waals surface area contributed by atoms with Crippen LogP contribution in [-0.4, -0.2) is 42.4 Å². The fourth-order valence-electron chi connectivity index (χ4n) is 3.64. The Hall–Kier alpha value is -3.04. The number of aromatic nitrogens is 5. The van der Waals surface area contributed by atoms with Crippen LogP contribution in [0.3, 0.4) is 0 Å². The molecule has 9 nitrogen and oxygen atoms in total. The Morgan fingerprint density at radius 2 is 2.00 bits per heavy atom. The van der Waals surface area contributed by atoms with Gasteiger partial charge in [-0.3, -0.25) is 14.3 Å². The predicted molar refractivity (Wildman–Crippen MR) is 105 cm³/mol. The number of nitrogens with zero attached hydrogens (tertiary/aromatic N) is 4. The summed E-state index contributed by atoms with van der Waals surface area (Å²) in [6.07, 6.45) is 4.26. The largest absolute Gasteiger partial charge is 0.394 e. The van der Waals surface area contributed by atoms with Crippen molar-refractivity contribution in [1.29, 1.82) is 0 Å². The van der Waals surface area contributed by atoms with Gasteiger partial charge in [-0.2, -0.15) is 0 Å². The second-order valence-electron chi connectivity index (χ2n) is 7.27. The average molecular weight is 397 g/mol. The molecule has 1 aromatic carbocycles. The Labute approximate surface area is 166 Å². The van der Waals surface area contributed by atoms with Crippen LogP contribution in [-0.2, 0) is 17.6 Å². The van der Waals surface area contributed by atoms with Crippen molar-refractivity contribution >= 4 is 0 Å². The van der Waals surface area contributed by atoms with E-state index < -0.39 is 23.6 Å². The van der Waals surface area contributed by atoms with E-state index in [-0.39, 0.29) is 12.6 Å². The molecular weight excluding hydrogens is 374 g/mol. The maximum atomic E-state index is 12.2. The molecule has 1 aliphatic rings. The van der Waals surface area contributed by atoms with Gasteiger partial charge >= 0.3 is 5.69 Å². The number of rotatable bonds is 6. The van der Waals surface area contributed by atoms with Crippen LogP contribution in [0.2, 0.25) is 0 Å². The molecule has 4 rings (SSSR count). The first-order chi connectivity index (χ1) is 14.0. The molecule has 0 saturated carbocycles. The maximum absolute atomic E-state index is 12.2. The van der Waals surface area contributed by atoms with Crippen LogP contribution in [0.15, 0.2) is 52.3 Å². The minimum atomic E-state index is -0.600. The van der Waals surface area contributed by atoms with Crippen molar-refractivity contribution in [3.8, 4) is 0 Å². The summed E-state index contributed by atoms with van der Waals surface area (Å²) in [6.45, 7) is 1.42. The molecule has 0 amide bonds. The number of nitrogens with one attached hydrogen (secondary N) is 1. The van der Waals surface area contributed by atoms with Crippen molar-refractivity contribution in [2.45, 2.75) is 44.6 Å². The second kappa shape index (κ2) is 8.14. The highest BCUT2D eigenvalue weighted by Gasteiger charge is 2.38. The number of ether oxygens (including phenoxy) is 1. The Morgan fingerprint density at radius 3 is 2.76 bits per heavy atom. The minimum Gasteiger partial charge on any atom is -0.394 e. The van der Waals surface area contributed by atoms with E-state index in [0.29, 0.717) is 12.0 Å². The Morgan fingerprint density at radius 1 is 1.21 bits per heavy atom. The molecule has 1 fully saturated rings. The lowest BCUT2D eigenvalue weighted by Crippen LogP contribution is -2.33. The summed E-state index contributed by atoms with van der Waals surface area (Å²) in [5.41, 5.74) is 1.54. The van der Waals surface area contributed by atoms with Crippen LogP contribution < -0.4 is 11.2 Å². The van der Waals surface area contributed by atoms with Gasteiger partial charge < -0.3 is 9.84 Å². The SMILES string of the molecule is Cc1cn([C@H]2C[C@H](n3cc(CCc4ccccc4)nn3)[C@@H](CO)O2)c(=O)[nH]c1=O. The molecule has 1 aliphatic heterocycles. The molecule has 29 heavy (non-hydrogen) atoms. The second-order valence-corrected chi connectivity index (χ2v) is 7.27. The van der Waals surface area contributed by atoms with E-state index in [9.17, 15) is 14.7 Å². The van der Waals surface area contributed by atoms with Gasteiger partial charge in [-0.1, -0.05) is 35.5 Å². The molecule has 1 saturated heterocycles. The summed E-state index contributed by atoms with van der Waals surface area (Å²) in [5.74, 6) is 0. The molecule has 0 aliphatic carbocycles. The van der Waals surface area contributed by atoms with Gasteiger partial charge in [0.05, 0.1) is 18.3 Å². The highest BCUT2D eigenvalue weighted by atomic mass is 16.5. The number of H-pyrrole nitrogens is 1. The molecule has 3 heterocycles. The van der Waals surface area contributed by atoms with Gasteiger partial charge in [-0.05, 0) is 25.3 Å². The molecule has 0 spiro atoms. The molecule has 2 N–H and O–H groups in total. The van der Waals surface area contributed by atoms with E-state index in [1.165, 1.54) is 16.3 Å². The van der Waals surface area contributed by atoms with Crippen molar-refractivity contribution in [1.82, 2.24) is 24.5 Å². The van der Waals surface area contributed by atoms with Gasteiger partial charge in [0.25, 0.3) is 5.56 Å². The standard InChI is InChI=1S/C20H23N5O4/c1-13-10-24(20(28)21-19(13)27)18-9-16(17(12-26)29-18)25-11-15(22-23-25)8-7-14-5-3-2-4-6-14/h2-6,10-11,16-18,26H,7-9,12H2,1H3,(H,21,27,28)/t16-,17+,18+/m0/s1. The van der Waals surface area contributed by atoms with Crippen LogP contribution in [0.25, 0.3) is 0 Å². The van der Waals surface area contributed by atoms with Crippen molar-refractivity contribution in [2.75, 3.05) is 6.61 Å². The van der Waals surface area contributed by atoms with E-state index in [2.05, 4.69) is 27.4 Å². The summed E-state index contributed by atoms with van der Waals surface area (Å²) >= 11 is 0. The third-order valence-electron chi connectivity index (χ3n) is 5.25. The number of hydrogen-bond donors (Lipinski definition) is 2. The summed E-state index contributed by atoms with van der Waals surface area (Å²) in [4.78, 5) is 26.1. The number of benzene rings is 1. The van der Waals surface area contributed by atoms with E-state index >= 15 is 0 Å². The zero-order valence-corrected chi connectivity index (χ0v) is 16.1. The van der Waals surface area contributed by atoms with Crippen LogP contribution in [0.1, 0.15) is 35.5 Å². The van der Waals surface area contributed by atoms with Crippen molar-refractivity contribution in [2.24, 2.45) is 0 Å². The Bertz CT molecular complexity index is 1090. The zero-order valence-electron chi connectivity index (χ0n) is 16.1. The smallest absolute Gasteiger partial charge is 0.330 e. The van der Waals surface area contributed by atoms with Gasteiger partial charge in [0.2, 0.25) is 0 Å². The van der Waals surface area contributed by atoms with Gasteiger partial charge in [0.15, 0.2) is 0 Å². The van der Waals surface area contributed by atoms with Crippen molar-refractivity contribution in [3.63, 3.8) is 0 Å². The molecule has 9 heteroatoms. The van der Waals surface area contributed by atoms with E-state index in [1.54, 1.807) is 11.6 Å². The lowest BCUT2D eigenvalue weighted by Gasteiger charge is -2.15. The maximum Gasteiger partial charge on any atom is 0.330 e. The number of aliphatic hydroxyl groups is 1. The lowest BCUT2D eigenvalue weighted by atomic mass is 10.1. The number of aromatic amines is 1. The van der Waals surface area contributed by atoms with Gasteiger partial charge in [0.1, 0.15) is 12.3 Å².